The van der Waals surface area contributed by atoms with Gasteiger partial charge in [0, 0.05) is 16.8 Å². The predicted octanol–water partition coefficient (Wildman–Crippen LogP) is 2.41. The number of carbonyl (C=O) groups excluding carboxylic acids is 1. The first-order chi connectivity index (χ1) is 11.5. The van der Waals surface area contributed by atoms with Gasteiger partial charge in [-0.3, -0.25) is 4.79 Å². The minimum absolute atomic E-state index is 0.129. The molecule has 3 rings (SSSR count). The Morgan fingerprint density at radius 3 is 2.12 bits per heavy atom. The van der Waals surface area contributed by atoms with Gasteiger partial charge < -0.3 is 9.80 Å². The van der Waals surface area contributed by atoms with Crippen LogP contribution >= 0.6 is 0 Å². The first-order valence-corrected chi connectivity index (χ1v) is 8.78. The van der Waals surface area contributed by atoms with E-state index in [4.69, 9.17) is 0 Å². The maximum absolute atomic E-state index is 11.4. The molecule has 1 saturated heterocycles. The number of nitrogens with zero attached hydrogens (tertiary/aromatic N) is 1. The van der Waals surface area contributed by atoms with Crippen molar-refractivity contribution in [3.05, 3.63) is 64.7 Å². The number of Topliss-reactive ketones (excluding diaryl/α,β-unsaturated/α-hetero) is 1. The molecule has 24 heavy (non-hydrogen) atoms. The number of ketones is 1. The van der Waals surface area contributed by atoms with E-state index in [2.05, 4.69) is 49.1 Å². The minimum Gasteiger partial charge on any atom is -0.360 e. The Kier molecular flexibility index (Phi) is 5.00. The van der Waals surface area contributed by atoms with Crippen molar-refractivity contribution in [3.8, 4) is 0 Å². The van der Waals surface area contributed by atoms with E-state index in [0.29, 0.717) is 0 Å². The summed E-state index contributed by atoms with van der Waals surface area (Å²) in [5.41, 5.74) is 6.17. The van der Waals surface area contributed by atoms with Crippen LogP contribution in [0.3, 0.4) is 0 Å². The van der Waals surface area contributed by atoms with Gasteiger partial charge in [-0.25, -0.2) is 0 Å². The molecule has 2 aromatic carbocycles. The van der Waals surface area contributed by atoms with Crippen molar-refractivity contribution in [2.45, 2.75) is 27.3 Å². The van der Waals surface area contributed by atoms with Gasteiger partial charge in [0.25, 0.3) is 0 Å². The topological polar surface area (TPSA) is 24.8 Å². The van der Waals surface area contributed by atoms with Crippen LogP contribution in [0, 0.1) is 13.8 Å². The molecule has 0 bridgehead atoms. The molecule has 0 saturated carbocycles. The maximum atomic E-state index is 11.4. The van der Waals surface area contributed by atoms with Gasteiger partial charge in [-0.05, 0) is 45.0 Å². The molecule has 1 N–H and O–H groups in total. The Morgan fingerprint density at radius 2 is 1.58 bits per heavy atom. The van der Waals surface area contributed by atoms with E-state index >= 15 is 0 Å². The van der Waals surface area contributed by atoms with E-state index in [0.717, 1.165) is 38.3 Å². The van der Waals surface area contributed by atoms with E-state index in [9.17, 15) is 4.79 Å². The SMILES string of the molecule is CC(=O)c1ccc(N2CC[NH+](Cc3cc(C)cc(C)c3)CC2)cc1. The number of anilines is 1. The van der Waals surface area contributed by atoms with E-state index in [1.807, 2.05) is 12.1 Å². The van der Waals surface area contributed by atoms with Gasteiger partial charge >= 0.3 is 0 Å². The number of benzene rings is 2. The molecule has 0 amide bonds. The van der Waals surface area contributed by atoms with Crippen LogP contribution < -0.4 is 9.80 Å². The van der Waals surface area contributed by atoms with Crippen molar-refractivity contribution in [1.82, 2.24) is 0 Å². The lowest BCUT2D eigenvalue weighted by atomic mass is 10.1. The van der Waals surface area contributed by atoms with Crippen molar-refractivity contribution in [2.24, 2.45) is 0 Å². The summed E-state index contributed by atoms with van der Waals surface area (Å²) in [7, 11) is 0. The molecule has 0 aliphatic carbocycles. The molecule has 3 heteroatoms. The molecular formula is C21H27N2O+. The van der Waals surface area contributed by atoms with Gasteiger partial charge in [-0.15, -0.1) is 0 Å². The molecule has 0 radical (unpaired) electrons. The van der Waals surface area contributed by atoms with Crippen LogP contribution in [0.25, 0.3) is 0 Å². The van der Waals surface area contributed by atoms with Gasteiger partial charge in [0.1, 0.15) is 6.54 Å². The van der Waals surface area contributed by atoms with E-state index in [1.165, 1.54) is 22.4 Å². The minimum atomic E-state index is 0.129. The van der Waals surface area contributed by atoms with Crippen molar-refractivity contribution in [3.63, 3.8) is 0 Å². The van der Waals surface area contributed by atoms with Gasteiger partial charge in [-0.2, -0.15) is 0 Å². The Labute approximate surface area is 144 Å². The monoisotopic (exact) mass is 323 g/mol. The van der Waals surface area contributed by atoms with Crippen molar-refractivity contribution >= 4 is 11.5 Å². The van der Waals surface area contributed by atoms with Crippen LogP contribution in [0.1, 0.15) is 34.0 Å². The highest BCUT2D eigenvalue weighted by atomic mass is 16.1. The van der Waals surface area contributed by atoms with E-state index < -0.39 is 0 Å². The summed E-state index contributed by atoms with van der Waals surface area (Å²) in [6, 6.07) is 14.9. The lowest BCUT2D eigenvalue weighted by molar-refractivity contribution is -0.914. The lowest BCUT2D eigenvalue weighted by Crippen LogP contribution is -3.13. The summed E-state index contributed by atoms with van der Waals surface area (Å²) in [6.07, 6.45) is 0. The highest BCUT2D eigenvalue weighted by molar-refractivity contribution is 5.94. The van der Waals surface area contributed by atoms with Crippen molar-refractivity contribution < 1.29 is 9.69 Å². The first-order valence-electron chi connectivity index (χ1n) is 8.78. The van der Waals surface area contributed by atoms with Crippen LogP contribution in [-0.4, -0.2) is 32.0 Å². The fraction of sp³-hybridized carbons (Fsp3) is 0.381. The van der Waals surface area contributed by atoms with Gasteiger partial charge in [0.05, 0.1) is 26.2 Å². The van der Waals surface area contributed by atoms with Crippen LogP contribution in [0.2, 0.25) is 0 Å². The van der Waals surface area contributed by atoms with Gasteiger partial charge in [-0.1, -0.05) is 29.3 Å². The summed E-state index contributed by atoms with van der Waals surface area (Å²) in [5, 5.41) is 0. The Bertz CT molecular complexity index is 693. The molecule has 0 spiro atoms. The average molecular weight is 323 g/mol. The molecule has 2 aromatic rings. The Balaban J connectivity index is 1.58. The highest BCUT2D eigenvalue weighted by Crippen LogP contribution is 2.15. The average Bonchev–Trinajstić information content (AvgIpc) is 2.55. The fourth-order valence-electron chi connectivity index (χ4n) is 3.62. The van der Waals surface area contributed by atoms with Crippen LogP contribution in [0.15, 0.2) is 42.5 Å². The fourth-order valence-corrected chi connectivity index (χ4v) is 3.62. The molecule has 0 unspecified atom stereocenters. The zero-order valence-electron chi connectivity index (χ0n) is 14.9. The molecule has 3 nitrogen and oxygen atoms in total. The van der Waals surface area contributed by atoms with Crippen LogP contribution in [0.5, 0.6) is 0 Å². The number of hydrogen-bond donors (Lipinski definition) is 1. The largest absolute Gasteiger partial charge is 0.360 e. The zero-order chi connectivity index (χ0) is 17.1. The highest BCUT2D eigenvalue weighted by Gasteiger charge is 2.20. The van der Waals surface area contributed by atoms with Gasteiger partial charge in [0.2, 0.25) is 0 Å². The number of aryl methyl sites for hydroxylation is 2. The second kappa shape index (κ2) is 7.18. The summed E-state index contributed by atoms with van der Waals surface area (Å²) in [4.78, 5) is 15.5. The number of hydrogen-bond acceptors (Lipinski definition) is 2. The molecule has 1 aliphatic heterocycles. The lowest BCUT2D eigenvalue weighted by Gasteiger charge is -2.33. The summed E-state index contributed by atoms with van der Waals surface area (Å²) in [6.45, 7) is 11.5. The quantitative estimate of drug-likeness (QED) is 0.874. The third-order valence-corrected chi connectivity index (χ3v) is 4.85. The van der Waals surface area contributed by atoms with Crippen LogP contribution in [0.4, 0.5) is 5.69 Å². The number of carbonyl (C=O) groups is 1. The number of rotatable bonds is 4. The number of quaternary nitrogens is 1. The molecule has 0 atom stereocenters. The number of piperazine rings is 1. The molecule has 126 valence electrons. The van der Waals surface area contributed by atoms with E-state index in [-0.39, 0.29) is 5.78 Å². The van der Waals surface area contributed by atoms with Gasteiger partial charge in [0.15, 0.2) is 5.78 Å². The molecule has 0 aromatic heterocycles. The summed E-state index contributed by atoms with van der Waals surface area (Å²) < 4.78 is 0. The third-order valence-electron chi connectivity index (χ3n) is 4.85. The number of nitrogens with one attached hydrogen (secondary N) is 1. The zero-order valence-corrected chi connectivity index (χ0v) is 14.9. The summed E-state index contributed by atoms with van der Waals surface area (Å²) in [5.74, 6) is 0.129. The molecule has 1 heterocycles. The Hall–Kier alpha value is -2.13. The first kappa shape index (κ1) is 16.7. The van der Waals surface area contributed by atoms with E-state index in [1.54, 1.807) is 11.8 Å². The van der Waals surface area contributed by atoms with Crippen molar-refractivity contribution in [1.29, 1.82) is 0 Å². The molecular weight excluding hydrogens is 296 g/mol. The molecule has 1 fully saturated rings. The molecule has 1 aliphatic rings. The smallest absolute Gasteiger partial charge is 0.159 e. The summed E-state index contributed by atoms with van der Waals surface area (Å²) >= 11 is 0. The Morgan fingerprint density at radius 1 is 1.00 bits per heavy atom. The second-order valence-corrected chi connectivity index (χ2v) is 7.01. The second-order valence-electron chi connectivity index (χ2n) is 7.01. The third kappa shape index (κ3) is 4.04. The predicted molar refractivity (Wildman–Crippen MR) is 99.0 cm³/mol. The van der Waals surface area contributed by atoms with Crippen LogP contribution in [-0.2, 0) is 6.54 Å². The maximum Gasteiger partial charge on any atom is 0.159 e. The standard InChI is InChI=1S/C21H26N2O/c1-16-12-17(2)14-19(13-16)15-22-8-10-23(11-9-22)21-6-4-20(5-7-21)18(3)24/h4-7,12-14H,8-11,15H2,1-3H3/p+1. The van der Waals surface area contributed by atoms with Crippen molar-refractivity contribution in [2.75, 3.05) is 31.1 Å². The normalized spacial score (nSPS) is 15.5.